The second-order valence-electron chi connectivity index (χ2n) is 6.67. The van der Waals surface area contributed by atoms with Gasteiger partial charge in [-0.15, -0.1) is 24.0 Å². The summed E-state index contributed by atoms with van der Waals surface area (Å²) in [7, 11) is 1.67. The molecule has 0 bridgehead atoms. The molecule has 0 unspecified atom stereocenters. The first kappa shape index (κ1) is 27.2. The molecule has 9 heteroatoms. The van der Waals surface area contributed by atoms with Crippen molar-refractivity contribution in [1.82, 2.24) is 10.6 Å². The molecule has 0 saturated carbocycles. The average Bonchev–Trinajstić information content (AvgIpc) is 2.71. The van der Waals surface area contributed by atoms with Crippen molar-refractivity contribution in [1.29, 1.82) is 0 Å². The van der Waals surface area contributed by atoms with E-state index >= 15 is 0 Å². The highest BCUT2D eigenvalue weighted by Gasteiger charge is 2.27. The van der Waals surface area contributed by atoms with Gasteiger partial charge in [0.15, 0.2) is 5.96 Å². The smallest absolute Gasteiger partial charge is 0.380 e. The Morgan fingerprint density at radius 3 is 2.19 bits per heavy atom. The van der Waals surface area contributed by atoms with E-state index in [-0.39, 0.29) is 30.6 Å². The van der Waals surface area contributed by atoms with Crippen molar-refractivity contribution in [3.63, 3.8) is 0 Å². The third-order valence-electron chi connectivity index (χ3n) is 4.19. The first-order valence-corrected chi connectivity index (χ1v) is 9.71. The van der Waals surface area contributed by atoms with E-state index in [9.17, 15) is 13.2 Å². The number of halogens is 4. The van der Waals surface area contributed by atoms with E-state index in [1.807, 2.05) is 43.3 Å². The Labute approximate surface area is 198 Å². The third-order valence-corrected chi connectivity index (χ3v) is 4.19. The molecule has 0 radical (unpaired) electrons. The molecule has 0 atom stereocenters. The molecule has 0 aliphatic carbocycles. The van der Waals surface area contributed by atoms with Crippen LogP contribution in [0.4, 0.5) is 13.2 Å². The number of rotatable bonds is 10. The lowest BCUT2D eigenvalue weighted by molar-refractivity contribution is -0.176. The SMILES string of the molecule is CCNC(=NCc1ccc(COCC(F)(F)F)cc1)NCc1ccccc1COC.I. The van der Waals surface area contributed by atoms with Crippen molar-refractivity contribution < 1.29 is 22.6 Å². The van der Waals surface area contributed by atoms with Crippen LogP contribution in [-0.4, -0.2) is 32.4 Å². The van der Waals surface area contributed by atoms with E-state index in [0.29, 0.717) is 31.2 Å². The zero-order valence-corrected chi connectivity index (χ0v) is 20.0. The molecule has 0 aliphatic heterocycles. The minimum absolute atomic E-state index is 0. The largest absolute Gasteiger partial charge is 0.411 e. The van der Waals surface area contributed by atoms with Gasteiger partial charge in [-0.05, 0) is 29.2 Å². The number of alkyl halides is 3. The van der Waals surface area contributed by atoms with E-state index in [4.69, 9.17) is 4.74 Å². The van der Waals surface area contributed by atoms with Crippen molar-refractivity contribution in [3.05, 3.63) is 70.8 Å². The van der Waals surface area contributed by atoms with Crippen LogP contribution in [0.2, 0.25) is 0 Å². The van der Waals surface area contributed by atoms with Crippen LogP contribution in [0, 0.1) is 0 Å². The number of methoxy groups -OCH3 is 1. The Morgan fingerprint density at radius 1 is 0.935 bits per heavy atom. The highest BCUT2D eigenvalue weighted by atomic mass is 127. The van der Waals surface area contributed by atoms with Crippen molar-refractivity contribution in [2.75, 3.05) is 20.3 Å². The molecule has 0 heterocycles. The molecule has 2 rings (SSSR count). The summed E-state index contributed by atoms with van der Waals surface area (Å²) in [5.74, 6) is 0.683. The van der Waals surface area contributed by atoms with Gasteiger partial charge in [0.25, 0.3) is 0 Å². The lowest BCUT2D eigenvalue weighted by Gasteiger charge is -2.14. The van der Waals surface area contributed by atoms with Crippen LogP contribution in [0.3, 0.4) is 0 Å². The van der Waals surface area contributed by atoms with Crippen LogP contribution >= 0.6 is 24.0 Å². The van der Waals surface area contributed by atoms with E-state index < -0.39 is 12.8 Å². The summed E-state index contributed by atoms with van der Waals surface area (Å²) in [5.41, 5.74) is 3.89. The fourth-order valence-electron chi connectivity index (χ4n) is 2.74. The zero-order chi connectivity index (χ0) is 21.8. The lowest BCUT2D eigenvalue weighted by atomic mass is 10.1. The van der Waals surface area contributed by atoms with Crippen molar-refractivity contribution >= 4 is 29.9 Å². The summed E-state index contributed by atoms with van der Waals surface area (Å²) in [6.07, 6.45) is -4.31. The predicted octanol–water partition coefficient (Wildman–Crippen LogP) is 4.79. The number of guanidine groups is 1. The van der Waals surface area contributed by atoms with Gasteiger partial charge < -0.3 is 20.1 Å². The number of aliphatic imine (C=N–C) groups is 1. The molecule has 0 aromatic heterocycles. The van der Waals surface area contributed by atoms with Crippen LogP contribution in [0.5, 0.6) is 0 Å². The molecule has 172 valence electrons. The van der Waals surface area contributed by atoms with Crippen LogP contribution < -0.4 is 10.6 Å². The van der Waals surface area contributed by atoms with Crippen LogP contribution in [0.15, 0.2) is 53.5 Å². The van der Waals surface area contributed by atoms with Crippen molar-refractivity contribution in [3.8, 4) is 0 Å². The van der Waals surface area contributed by atoms with Gasteiger partial charge in [0, 0.05) is 20.2 Å². The molecular formula is C22H29F3IN3O2. The Morgan fingerprint density at radius 2 is 1.58 bits per heavy atom. The predicted molar refractivity (Wildman–Crippen MR) is 126 cm³/mol. The Kier molecular flexibility index (Phi) is 12.5. The maximum Gasteiger partial charge on any atom is 0.411 e. The summed E-state index contributed by atoms with van der Waals surface area (Å²) in [6.45, 7) is 3.00. The highest BCUT2D eigenvalue weighted by Crippen LogP contribution is 2.16. The monoisotopic (exact) mass is 551 g/mol. The van der Waals surface area contributed by atoms with Gasteiger partial charge >= 0.3 is 6.18 Å². The second kappa shape index (κ2) is 14.3. The van der Waals surface area contributed by atoms with Gasteiger partial charge in [-0.25, -0.2) is 4.99 Å². The minimum atomic E-state index is -4.31. The average molecular weight is 551 g/mol. The number of benzene rings is 2. The Balaban J connectivity index is 0.00000480. The van der Waals surface area contributed by atoms with Gasteiger partial charge in [0.2, 0.25) is 0 Å². The summed E-state index contributed by atoms with van der Waals surface area (Å²) in [4.78, 5) is 4.58. The molecule has 0 saturated heterocycles. The maximum atomic E-state index is 12.1. The second-order valence-corrected chi connectivity index (χ2v) is 6.67. The molecule has 0 fully saturated rings. The molecule has 2 N–H and O–H groups in total. The molecule has 0 amide bonds. The topological polar surface area (TPSA) is 54.9 Å². The molecule has 31 heavy (non-hydrogen) atoms. The summed E-state index contributed by atoms with van der Waals surface area (Å²) in [5, 5.41) is 6.53. The number of ether oxygens (including phenoxy) is 2. The molecule has 2 aromatic rings. The van der Waals surface area contributed by atoms with Gasteiger partial charge in [-0.1, -0.05) is 48.5 Å². The van der Waals surface area contributed by atoms with Crippen LogP contribution in [0.25, 0.3) is 0 Å². The highest BCUT2D eigenvalue weighted by molar-refractivity contribution is 14.0. The van der Waals surface area contributed by atoms with Crippen LogP contribution in [0.1, 0.15) is 29.2 Å². The first-order valence-electron chi connectivity index (χ1n) is 9.71. The normalized spacial score (nSPS) is 11.7. The number of hydrogen-bond acceptors (Lipinski definition) is 3. The van der Waals surface area contributed by atoms with Gasteiger partial charge in [0.05, 0.1) is 19.8 Å². The number of nitrogens with one attached hydrogen (secondary N) is 2. The van der Waals surface area contributed by atoms with Crippen molar-refractivity contribution in [2.24, 2.45) is 4.99 Å². The summed E-state index contributed by atoms with van der Waals surface area (Å²) >= 11 is 0. The lowest BCUT2D eigenvalue weighted by Crippen LogP contribution is -2.37. The van der Waals surface area contributed by atoms with Crippen molar-refractivity contribution in [2.45, 2.75) is 39.4 Å². The van der Waals surface area contributed by atoms with Gasteiger partial charge in [-0.2, -0.15) is 13.2 Å². The fraction of sp³-hybridized carbons (Fsp3) is 0.409. The molecule has 2 aromatic carbocycles. The van der Waals surface area contributed by atoms with E-state index in [1.54, 1.807) is 19.2 Å². The maximum absolute atomic E-state index is 12.1. The van der Waals surface area contributed by atoms with E-state index in [2.05, 4.69) is 20.4 Å². The number of nitrogens with zero attached hydrogens (tertiary/aromatic N) is 1. The van der Waals surface area contributed by atoms with Gasteiger partial charge in [-0.3, -0.25) is 0 Å². The van der Waals surface area contributed by atoms with Crippen LogP contribution in [-0.2, 0) is 35.8 Å². The molecule has 5 nitrogen and oxygen atoms in total. The third kappa shape index (κ3) is 10.8. The molecule has 0 aliphatic rings. The fourth-order valence-corrected chi connectivity index (χ4v) is 2.74. The quantitative estimate of drug-likeness (QED) is 0.254. The Bertz CT molecular complexity index is 799. The molecule has 0 spiro atoms. The summed E-state index contributed by atoms with van der Waals surface area (Å²) < 4.78 is 46.3. The zero-order valence-electron chi connectivity index (χ0n) is 17.7. The first-order chi connectivity index (χ1) is 14.4. The van der Waals surface area contributed by atoms with E-state index in [0.717, 1.165) is 23.2 Å². The summed E-state index contributed by atoms with van der Waals surface area (Å²) in [6, 6.07) is 15.2. The molecular weight excluding hydrogens is 522 g/mol. The van der Waals surface area contributed by atoms with E-state index in [1.165, 1.54) is 0 Å². The minimum Gasteiger partial charge on any atom is -0.380 e. The Hall–Kier alpha value is -1.85. The standard InChI is InChI=1S/C22H28F3N3O2.HI/c1-3-26-21(28-13-19-6-4-5-7-20(19)15-29-2)27-12-17-8-10-18(11-9-17)14-30-16-22(23,24)25;/h4-11H,3,12-16H2,1-2H3,(H2,26,27,28);1H. The van der Waals surface area contributed by atoms with Gasteiger partial charge in [0.1, 0.15) is 6.61 Å². The number of hydrogen-bond donors (Lipinski definition) is 2.